The molecule has 5 rings (SSSR count). The van der Waals surface area contributed by atoms with Gasteiger partial charge in [-0.05, 0) is 36.2 Å². The summed E-state index contributed by atoms with van der Waals surface area (Å²) in [7, 11) is 1.90. The van der Waals surface area contributed by atoms with Crippen molar-refractivity contribution in [2.75, 3.05) is 18.4 Å². The van der Waals surface area contributed by atoms with Crippen molar-refractivity contribution in [3.63, 3.8) is 0 Å². The number of rotatable bonds is 7. The van der Waals surface area contributed by atoms with Gasteiger partial charge in [-0.15, -0.1) is 0 Å². The summed E-state index contributed by atoms with van der Waals surface area (Å²) in [5.41, 5.74) is 5.24. The molecule has 0 radical (unpaired) electrons. The van der Waals surface area contributed by atoms with E-state index >= 15 is 0 Å². The standard InChI is InChI=1S/C25H25ClN6O/c1-32-16-20(14-31-32)19-11-21-25(30-13-19)33-22(15-28-21)24(18-5-3-2-4-6-18)27-10-9-17-7-8-23(26)29-12-17/h2-8,11-14,16,22,24,27-28H,9-10,15H2,1H3/t22-,24+/m0/s1. The molecule has 0 fully saturated rings. The summed E-state index contributed by atoms with van der Waals surface area (Å²) < 4.78 is 8.16. The van der Waals surface area contributed by atoms with E-state index in [-0.39, 0.29) is 12.1 Å². The number of fused-ring (bicyclic) bond motifs is 1. The number of pyridine rings is 2. The molecule has 1 aliphatic heterocycles. The fraction of sp³-hybridized carbons (Fsp3) is 0.240. The number of ether oxygens (including phenoxy) is 1. The smallest absolute Gasteiger partial charge is 0.237 e. The summed E-state index contributed by atoms with van der Waals surface area (Å²) in [6, 6.07) is 16.3. The molecular weight excluding hydrogens is 436 g/mol. The van der Waals surface area contributed by atoms with Crippen molar-refractivity contribution in [2.45, 2.75) is 18.6 Å². The lowest BCUT2D eigenvalue weighted by molar-refractivity contribution is 0.150. The van der Waals surface area contributed by atoms with Crippen LogP contribution in [-0.4, -0.2) is 38.9 Å². The van der Waals surface area contributed by atoms with Crippen molar-refractivity contribution in [1.82, 2.24) is 25.1 Å². The van der Waals surface area contributed by atoms with Crippen LogP contribution >= 0.6 is 11.6 Å². The Balaban J connectivity index is 1.31. The van der Waals surface area contributed by atoms with Crippen molar-refractivity contribution in [3.8, 4) is 17.0 Å². The molecule has 1 aromatic carbocycles. The Kier molecular flexibility index (Phi) is 6.24. The number of hydrogen-bond acceptors (Lipinski definition) is 6. The molecule has 168 valence electrons. The minimum Gasteiger partial charge on any atom is -0.469 e. The molecule has 33 heavy (non-hydrogen) atoms. The first-order valence-corrected chi connectivity index (χ1v) is 11.3. The fourth-order valence-electron chi connectivity index (χ4n) is 4.03. The fourth-order valence-corrected chi connectivity index (χ4v) is 4.14. The zero-order chi connectivity index (χ0) is 22.6. The van der Waals surface area contributed by atoms with Gasteiger partial charge in [-0.2, -0.15) is 5.10 Å². The van der Waals surface area contributed by atoms with Crippen LogP contribution in [0.1, 0.15) is 17.2 Å². The third-order valence-corrected chi connectivity index (χ3v) is 5.97. The van der Waals surface area contributed by atoms with Gasteiger partial charge >= 0.3 is 0 Å². The number of aryl methyl sites for hydroxylation is 1. The second kappa shape index (κ2) is 9.60. The first kappa shape index (κ1) is 21.4. The molecule has 0 spiro atoms. The van der Waals surface area contributed by atoms with E-state index in [0.29, 0.717) is 17.6 Å². The van der Waals surface area contributed by atoms with Crippen LogP contribution < -0.4 is 15.4 Å². The lowest BCUT2D eigenvalue weighted by atomic mass is 9.99. The Morgan fingerprint density at radius 1 is 1.12 bits per heavy atom. The summed E-state index contributed by atoms with van der Waals surface area (Å²) >= 11 is 5.90. The highest BCUT2D eigenvalue weighted by molar-refractivity contribution is 6.29. The molecule has 1 aliphatic rings. The number of aromatic nitrogens is 4. The van der Waals surface area contributed by atoms with Crippen LogP contribution in [0, 0.1) is 0 Å². The van der Waals surface area contributed by atoms with Crippen LogP contribution in [0.4, 0.5) is 5.69 Å². The molecule has 0 aliphatic carbocycles. The van der Waals surface area contributed by atoms with Crippen molar-refractivity contribution in [3.05, 3.63) is 89.6 Å². The van der Waals surface area contributed by atoms with Crippen LogP contribution in [-0.2, 0) is 13.5 Å². The molecule has 0 unspecified atom stereocenters. The van der Waals surface area contributed by atoms with E-state index in [1.165, 1.54) is 5.56 Å². The molecule has 3 aromatic heterocycles. The third-order valence-electron chi connectivity index (χ3n) is 5.74. The predicted octanol–water partition coefficient (Wildman–Crippen LogP) is 4.28. The molecule has 4 aromatic rings. The van der Waals surface area contributed by atoms with Crippen molar-refractivity contribution in [1.29, 1.82) is 0 Å². The zero-order valence-electron chi connectivity index (χ0n) is 18.3. The number of benzene rings is 1. The number of hydrogen-bond donors (Lipinski definition) is 2. The van der Waals surface area contributed by atoms with Gasteiger partial charge in [0.25, 0.3) is 0 Å². The van der Waals surface area contributed by atoms with Gasteiger partial charge in [0.2, 0.25) is 5.88 Å². The largest absolute Gasteiger partial charge is 0.469 e. The predicted molar refractivity (Wildman–Crippen MR) is 129 cm³/mol. The highest BCUT2D eigenvalue weighted by atomic mass is 35.5. The first-order chi connectivity index (χ1) is 16.2. The number of nitrogens with one attached hydrogen (secondary N) is 2. The van der Waals surface area contributed by atoms with Gasteiger partial charge in [0, 0.05) is 36.8 Å². The average molecular weight is 461 g/mol. The summed E-state index contributed by atoms with van der Waals surface area (Å²) in [6.45, 7) is 1.45. The van der Waals surface area contributed by atoms with Crippen molar-refractivity contribution < 1.29 is 4.74 Å². The van der Waals surface area contributed by atoms with Gasteiger partial charge in [0.15, 0.2) is 0 Å². The molecule has 4 heterocycles. The van der Waals surface area contributed by atoms with E-state index in [2.05, 4.69) is 56.0 Å². The lowest BCUT2D eigenvalue weighted by Gasteiger charge is -2.33. The van der Waals surface area contributed by atoms with E-state index in [1.54, 1.807) is 4.68 Å². The van der Waals surface area contributed by atoms with Crippen LogP contribution in [0.15, 0.2) is 73.3 Å². The minimum absolute atomic E-state index is 0.00640. The van der Waals surface area contributed by atoms with Crippen molar-refractivity contribution >= 4 is 17.3 Å². The summed E-state index contributed by atoms with van der Waals surface area (Å²) in [6.07, 6.45) is 8.19. The van der Waals surface area contributed by atoms with E-state index in [4.69, 9.17) is 16.3 Å². The summed E-state index contributed by atoms with van der Waals surface area (Å²) in [5, 5.41) is 11.9. The maximum Gasteiger partial charge on any atom is 0.237 e. The average Bonchev–Trinajstić information content (AvgIpc) is 3.29. The van der Waals surface area contributed by atoms with Crippen LogP contribution in [0.25, 0.3) is 11.1 Å². The van der Waals surface area contributed by atoms with Gasteiger partial charge in [-0.1, -0.05) is 48.0 Å². The van der Waals surface area contributed by atoms with Gasteiger partial charge in [0.1, 0.15) is 11.3 Å². The maximum atomic E-state index is 6.38. The number of anilines is 1. The Hall–Kier alpha value is -3.42. The van der Waals surface area contributed by atoms with E-state index in [9.17, 15) is 0 Å². The summed E-state index contributed by atoms with van der Waals surface area (Å²) in [5.74, 6) is 0.614. The van der Waals surface area contributed by atoms with Gasteiger partial charge < -0.3 is 15.4 Å². The number of nitrogens with zero attached hydrogens (tertiary/aromatic N) is 4. The maximum absolute atomic E-state index is 6.38. The second-order valence-corrected chi connectivity index (χ2v) is 8.49. The second-order valence-electron chi connectivity index (χ2n) is 8.10. The van der Waals surface area contributed by atoms with Crippen LogP contribution in [0.3, 0.4) is 0 Å². The molecule has 8 heteroatoms. The monoisotopic (exact) mass is 460 g/mol. The molecule has 2 N–H and O–H groups in total. The Morgan fingerprint density at radius 2 is 2.00 bits per heavy atom. The van der Waals surface area contributed by atoms with Crippen molar-refractivity contribution in [2.24, 2.45) is 7.05 Å². The van der Waals surface area contributed by atoms with Crippen LogP contribution in [0.5, 0.6) is 5.88 Å². The highest BCUT2D eigenvalue weighted by Crippen LogP contribution is 2.34. The highest BCUT2D eigenvalue weighted by Gasteiger charge is 2.29. The summed E-state index contributed by atoms with van der Waals surface area (Å²) in [4.78, 5) is 8.77. The van der Waals surface area contributed by atoms with E-state index in [0.717, 1.165) is 35.3 Å². The molecule has 0 amide bonds. The van der Waals surface area contributed by atoms with E-state index < -0.39 is 0 Å². The Labute approximate surface area is 197 Å². The molecule has 2 atom stereocenters. The molecular formula is C25H25ClN6O. The van der Waals surface area contributed by atoms with Gasteiger partial charge in [-0.3, -0.25) is 4.68 Å². The first-order valence-electron chi connectivity index (χ1n) is 10.9. The topological polar surface area (TPSA) is 76.9 Å². The Bertz CT molecular complexity index is 1210. The SMILES string of the molecule is Cn1cc(-c2cnc3c(c2)NC[C@@H]([C@H](NCCc2ccc(Cl)nc2)c2ccccc2)O3)cn1. The van der Waals surface area contributed by atoms with Gasteiger partial charge in [0.05, 0.1) is 24.5 Å². The molecule has 0 saturated heterocycles. The molecule has 7 nitrogen and oxygen atoms in total. The number of halogens is 1. The minimum atomic E-state index is -0.111. The molecule has 0 bridgehead atoms. The molecule has 0 saturated carbocycles. The normalized spacial score (nSPS) is 15.9. The lowest BCUT2D eigenvalue weighted by Crippen LogP contribution is -2.43. The van der Waals surface area contributed by atoms with Crippen LogP contribution in [0.2, 0.25) is 5.15 Å². The quantitative estimate of drug-likeness (QED) is 0.401. The van der Waals surface area contributed by atoms with E-state index in [1.807, 2.05) is 50.0 Å². The van der Waals surface area contributed by atoms with Gasteiger partial charge in [-0.25, -0.2) is 9.97 Å². The zero-order valence-corrected chi connectivity index (χ0v) is 19.0. The third kappa shape index (κ3) is 4.99. The Morgan fingerprint density at radius 3 is 2.76 bits per heavy atom.